The van der Waals surface area contributed by atoms with Gasteiger partial charge in [0.1, 0.15) is 0 Å². The highest BCUT2D eigenvalue weighted by Crippen LogP contribution is 2.34. The second kappa shape index (κ2) is 3.95. The Morgan fingerprint density at radius 2 is 1.71 bits per heavy atom. The molecule has 2 aromatic rings. The summed E-state index contributed by atoms with van der Waals surface area (Å²) >= 11 is 0. The quantitative estimate of drug-likeness (QED) is 0.739. The molecule has 2 aromatic carbocycles. The monoisotopic (exact) mass is 228 g/mol. The van der Waals surface area contributed by atoms with Gasteiger partial charge >= 0.3 is 0 Å². The topological polar surface area (TPSA) is 35.5 Å². The van der Waals surface area contributed by atoms with E-state index < -0.39 is 5.79 Å². The molecule has 3 nitrogen and oxygen atoms in total. The van der Waals surface area contributed by atoms with Gasteiger partial charge in [-0.2, -0.15) is 0 Å². The molecule has 0 amide bonds. The van der Waals surface area contributed by atoms with Crippen molar-refractivity contribution in [3.63, 3.8) is 0 Å². The molecule has 0 saturated carbocycles. The van der Waals surface area contributed by atoms with Crippen molar-refractivity contribution in [3.8, 4) is 0 Å². The van der Waals surface area contributed by atoms with Crippen molar-refractivity contribution in [1.29, 1.82) is 0 Å². The van der Waals surface area contributed by atoms with Gasteiger partial charge in [0, 0.05) is 5.56 Å². The summed E-state index contributed by atoms with van der Waals surface area (Å²) in [5, 5.41) is 2.06. The Balaban J connectivity index is 2.26. The van der Waals surface area contributed by atoms with Gasteiger partial charge < -0.3 is 9.47 Å². The second-order valence-electron chi connectivity index (χ2n) is 4.01. The van der Waals surface area contributed by atoms with Crippen LogP contribution in [-0.2, 0) is 20.1 Å². The van der Waals surface area contributed by atoms with Gasteiger partial charge in [0.15, 0.2) is 6.29 Å². The van der Waals surface area contributed by atoms with E-state index in [1.165, 1.54) is 0 Å². The van der Waals surface area contributed by atoms with E-state index >= 15 is 0 Å². The van der Waals surface area contributed by atoms with Crippen LogP contribution in [-0.4, -0.2) is 19.5 Å². The Hall–Kier alpha value is -1.71. The van der Waals surface area contributed by atoms with Crippen LogP contribution in [0.4, 0.5) is 0 Å². The summed E-state index contributed by atoms with van der Waals surface area (Å²) in [6.07, 6.45) is 0.738. The number of hydrogen-bond acceptors (Lipinski definition) is 3. The van der Waals surface area contributed by atoms with Crippen LogP contribution in [0.3, 0.4) is 0 Å². The predicted octanol–water partition coefficient (Wildman–Crippen LogP) is 2.24. The molecule has 1 aliphatic rings. The summed E-state index contributed by atoms with van der Waals surface area (Å²) in [5.41, 5.74) is 0.781. The van der Waals surface area contributed by atoms with Gasteiger partial charge in [-0.1, -0.05) is 42.5 Å². The van der Waals surface area contributed by atoms with Crippen molar-refractivity contribution in [2.45, 2.75) is 5.79 Å². The van der Waals surface area contributed by atoms with Gasteiger partial charge in [-0.25, -0.2) is 0 Å². The molecule has 0 unspecified atom stereocenters. The first kappa shape index (κ1) is 10.4. The van der Waals surface area contributed by atoms with Gasteiger partial charge in [0.2, 0.25) is 0 Å². The number of benzene rings is 2. The minimum atomic E-state index is -1.22. The summed E-state index contributed by atoms with van der Waals surface area (Å²) in [6, 6.07) is 13.7. The average Bonchev–Trinajstić information content (AvgIpc) is 2.88. The van der Waals surface area contributed by atoms with Gasteiger partial charge in [-0.3, -0.25) is 4.79 Å². The Labute approximate surface area is 99.0 Å². The van der Waals surface area contributed by atoms with E-state index in [1.807, 2.05) is 42.5 Å². The van der Waals surface area contributed by atoms with Crippen LogP contribution < -0.4 is 0 Å². The molecule has 0 aromatic heterocycles. The van der Waals surface area contributed by atoms with E-state index in [0.29, 0.717) is 13.2 Å². The summed E-state index contributed by atoms with van der Waals surface area (Å²) in [7, 11) is 0. The Kier molecular flexibility index (Phi) is 2.42. The van der Waals surface area contributed by atoms with Crippen molar-refractivity contribution >= 4 is 17.1 Å². The number of fused-ring (bicyclic) bond motifs is 1. The summed E-state index contributed by atoms with van der Waals surface area (Å²) < 4.78 is 11.0. The van der Waals surface area contributed by atoms with Crippen LogP contribution in [0, 0.1) is 0 Å². The fourth-order valence-corrected chi connectivity index (χ4v) is 2.24. The molecule has 0 aliphatic carbocycles. The third kappa shape index (κ3) is 1.55. The standard InChI is InChI=1S/C14H12O3/c15-10-14(16-8-9-17-14)13-7-3-5-11-4-1-2-6-12(11)13/h1-7,10H,8-9H2. The first-order valence-corrected chi connectivity index (χ1v) is 5.58. The van der Waals surface area contributed by atoms with Crippen LogP contribution in [0.5, 0.6) is 0 Å². The van der Waals surface area contributed by atoms with Crippen LogP contribution in [0.25, 0.3) is 10.8 Å². The highest BCUT2D eigenvalue weighted by atomic mass is 16.7. The van der Waals surface area contributed by atoms with Crippen LogP contribution >= 0.6 is 0 Å². The van der Waals surface area contributed by atoms with Crippen molar-refractivity contribution in [3.05, 3.63) is 48.0 Å². The SMILES string of the molecule is O=CC1(c2cccc3ccccc23)OCCO1. The van der Waals surface area contributed by atoms with E-state index in [-0.39, 0.29) is 0 Å². The second-order valence-corrected chi connectivity index (χ2v) is 4.01. The molecule has 3 rings (SSSR count). The van der Waals surface area contributed by atoms with E-state index in [9.17, 15) is 4.79 Å². The molecule has 0 N–H and O–H groups in total. The lowest BCUT2D eigenvalue weighted by Crippen LogP contribution is -2.29. The Morgan fingerprint density at radius 3 is 2.47 bits per heavy atom. The molecule has 1 saturated heterocycles. The largest absolute Gasteiger partial charge is 0.338 e. The normalized spacial score (nSPS) is 18.4. The summed E-state index contributed by atoms with van der Waals surface area (Å²) in [5.74, 6) is -1.22. The smallest absolute Gasteiger partial charge is 0.254 e. The van der Waals surface area contributed by atoms with E-state index in [4.69, 9.17) is 9.47 Å². The van der Waals surface area contributed by atoms with Gasteiger partial charge in [-0.05, 0) is 10.8 Å². The lowest BCUT2D eigenvalue weighted by atomic mass is 9.98. The maximum Gasteiger partial charge on any atom is 0.254 e. The number of carbonyl (C=O) groups is 1. The van der Waals surface area contributed by atoms with E-state index in [1.54, 1.807) is 0 Å². The molecule has 86 valence electrons. The van der Waals surface area contributed by atoms with Gasteiger partial charge in [0.05, 0.1) is 13.2 Å². The fraction of sp³-hybridized carbons (Fsp3) is 0.214. The van der Waals surface area contributed by atoms with Crippen molar-refractivity contribution in [2.24, 2.45) is 0 Å². The number of rotatable bonds is 2. The molecule has 0 spiro atoms. The number of carbonyl (C=O) groups excluding carboxylic acids is 1. The fourth-order valence-electron chi connectivity index (χ4n) is 2.24. The average molecular weight is 228 g/mol. The molecule has 1 aliphatic heterocycles. The van der Waals surface area contributed by atoms with Crippen molar-refractivity contribution in [2.75, 3.05) is 13.2 Å². The van der Waals surface area contributed by atoms with Gasteiger partial charge in [0.25, 0.3) is 5.79 Å². The molecule has 1 fully saturated rings. The highest BCUT2D eigenvalue weighted by molar-refractivity contribution is 5.89. The van der Waals surface area contributed by atoms with Crippen LogP contribution in [0.2, 0.25) is 0 Å². The maximum atomic E-state index is 11.3. The summed E-state index contributed by atoms with van der Waals surface area (Å²) in [6.45, 7) is 0.893. The molecular formula is C14H12O3. The molecular weight excluding hydrogens is 216 g/mol. The first-order chi connectivity index (χ1) is 8.36. The number of hydrogen-bond donors (Lipinski definition) is 0. The van der Waals surface area contributed by atoms with E-state index in [0.717, 1.165) is 22.6 Å². The molecule has 17 heavy (non-hydrogen) atoms. The van der Waals surface area contributed by atoms with Crippen LogP contribution in [0.15, 0.2) is 42.5 Å². The van der Waals surface area contributed by atoms with Crippen LogP contribution in [0.1, 0.15) is 5.56 Å². The maximum absolute atomic E-state index is 11.3. The molecule has 1 heterocycles. The molecule has 0 radical (unpaired) electrons. The lowest BCUT2D eigenvalue weighted by Gasteiger charge is -2.22. The van der Waals surface area contributed by atoms with E-state index in [2.05, 4.69) is 0 Å². The first-order valence-electron chi connectivity index (χ1n) is 5.58. The zero-order chi connectivity index (χ0) is 11.7. The number of ether oxygens (including phenoxy) is 2. The zero-order valence-electron chi connectivity index (χ0n) is 9.26. The van der Waals surface area contributed by atoms with Crippen molar-refractivity contribution < 1.29 is 14.3 Å². The summed E-state index contributed by atoms with van der Waals surface area (Å²) in [4.78, 5) is 11.3. The van der Waals surface area contributed by atoms with Gasteiger partial charge in [-0.15, -0.1) is 0 Å². The zero-order valence-corrected chi connectivity index (χ0v) is 9.26. The third-order valence-corrected chi connectivity index (χ3v) is 3.04. The minimum absolute atomic E-state index is 0.446. The van der Waals surface area contributed by atoms with Crippen molar-refractivity contribution in [1.82, 2.24) is 0 Å². The predicted molar refractivity (Wildman–Crippen MR) is 63.6 cm³/mol. The molecule has 3 heteroatoms. The minimum Gasteiger partial charge on any atom is -0.338 e. The molecule has 0 atom stereocenters. The lowest BCUT2D eigenvalue weighted by molar-refractivity contribution is -0.170. The highest BCUT2D eigenvalue weighted by Gasteiger charge is 2.39. The number of aldehydes is 1. The Bertz CT molecular complexity index is 551. The Morgan fingerprint density at radius 1 is 1.00 bits per heavy atom. The third-order valence-electron chi connectivity index (χ3n) is 3.04. The molecule has 0 bridgehead atoms.